The summed E-state index contributed by atoms with van der Waals surface area (Å²) < 4.78 is 0. The van der Waals surface area contributed by atoms with E-state index in [0.29, 0.717) is 18.0 Å². The number of amides is 1. The average Bonchev–Trinajstić information content (AvgIpc) is 2.46. The highest BCUT2D eigenvalue weighted by Crippen LogP contribution is 2.15. The predicted molar refractivity (Wildman–Crippen MR) is 79.8 cm³/mol. The molecule has 0 unspecified atom stereocenters. The molecule has 0 bridgehead atoms. The molecule has 0 fully saturated rings. The van der Waals surface area contributed by atoms with Gasteiger partial charge in [-0.1, -0.05) is 38.1 Å². The molecule has 0 aliphatic heterocycles. The maximum atomic E-state index is 11.9. The van der Waals surface area contributed by atoms with Crippen molar-refractivity contribution in [1.29, 1.82) is 0 Å². The molecular formula is C17H19NO2. The second-order valence-electron chi connectivity index (χ2n) is 5.13. The van der Waals surface area contributed by atoms with Crippen molar-refractivity contribution in [2.75, 3.05) is 0 Å². The van der Waals surface area contributed by atoms with Crippen LogP contribution in [0.1, 0.15) is 41.3 Å². The van der Waals surface area contributed by atoms with Gasteiger partial charge in [0.25, 0.3) is 5.91 Å². The lowest BCUT2D eigenvalue weighted by Gasteiger charge is -2.08. The number of phenolic OH excluding ortho intramolecular Hbond substituents is 1. The Morgan fingerprint density at radius 3 is 2.20 bits per heavy atom. The molecule has 3 nitrogen and oxygen atoms in total. The van der Waals surface area contributed by atoms with Crippen molar-refractivity contribution < 1.29 is 9.90 Å². The maximum Gasteiger partial charge on any atom is 0.251 e. The molecule has 0 radical (unpaired) electrons. The number of benzene rings is 2. The molecule has 0 saturated carbocycles. The third kappa shape index (κ3) is 3.60. The standard InChI is InChI=1S/C17H19NO2/c1-12(2)14-5-3-13(4-6-14)11-18-17(20)15-7-9-16(19)10-8-15/h3-10,12,19H,11H2,1-2H3,(H,18,20). The minimum absolute atomic E-state index is 0.141. The molecule has 0 spiro atoms. The molecule has 0 aliphatic rings. The van der Waals surface area contributed by atoms with Crippen LogP contribution in [0.2, 0.25) is 0 Å². The molecule has 2 aromatic carbocycles. The van der Waals surface area contributed by atoms with E-state index in [1.807, 2.05) is 12.1 Å². The van der Waals surface area contributed by atoms with Crippen molar-refractivity contribution in [2.45, 2.75) is 26.3 Å². The first-order chi connectivity index (χ1) is 9.56. The average molecular weight is 269 g/mol. The zero-order valence-corrected chi connectivity index (χ0v) is 11.8. The number of nitrogens with one attached hydrogen (secondary N) is 1. The highest BCUT2D eigenvalue weighted by atomic mass is 16.3. The molecule has 2 rings (SSSR count). The summed E-state index contributed by atoms with van der Waals surface area (Å²) >= 11 is 0. The third-order valence-electron chi connectivity index (χ3n) is 3.23. The van der Waals surface area contributed by atoms with Crippen LogP contribution in [0.5, 0.6) is 5.75 Å². The molecule has 0 atom stereocenters. The van der Waals surface area contributed by atoms with E-state index >= 15 is 0 Å². The normalized spacial score (nSPS) is 10.6. The van der Waals surface area contributed by atoms with Crippen LogP contribution in [0, 0.1) is 0 Å². The SMILES string of the molecule is CC(C)c1ccc(CNC(=O)c2ccc(O)cc2)cc1. The molecule has 0 aromatic heterocycles. The van der Waals surface area contributed by atoms with Gasteiger partial charge in [0.1, 0.15) is 5.75 Å². The number of hydrogen-bond donors (Lipinski definition) is 2. The van der Waals surface area contributed by atoms with E-state index < -0.39 is 0 Å². The second kappa shape index (κ2) is 6.24. The minimum atomic E-state index is -0.141. The Morgan fingerprint density at radius 1 is 1.05 bits per heavy atom. The summed E-state index contributed by atoms with van der Waals surface area (Å²) in [5.74, 6) is 0.527. The molecule has 0 heterocycles. The van der Waals surface area contributed by atoms with Crippen LogP contribution in [0.3, 0.4) is 0 Å². The van der Waals surface area contributed by atoms with Gasteiger partial charge in [-0.25, -0.2) is 0 Å². The van der Waals surface area contributed by atoms with Crippen LogP contribution in [0.15, 0.2) is 48.5 Å². The van der Waals surface area contributed by atoms with E-state index in [4.69, 9.17) is 0 Å². The zero-order chi connectivity index (χ0) is 14.5. The van der Waals surface area contributed by atoms with Crippen molar-refractivity contribution >= 4 is 5.91 Å². The summed E-state index contributed by atoms with van der Waals surface area (Å²) in [6.45, 7) is 4.81. The van der Waals surface area contributed by atoms with Gasteiger partial charge in [-0.3, -0.25) is 4.79 Å². The quantitative estimate of drug-likeness (QED) is 0.893. The first kappa shape index (κ1) is 14.1. The van der Waals surface area contributed by atoms with E-state index in [9.17, 15) is 9.90 Å². The van der Waals surface area contributed by atoms with Crippen LogP contribution >= 0.6 is 0 Å². The van der Waals surface area contributed by atoms with Gasteiger partial charge < -0.3 is 10.4 Å². The fourth-order valence-corrected chi connectivity index (χ4v) is 1.92. The summed E-state index contributed by atoms with van der Waals surface area (Å²) in [5, 5.41) is 12.0. The van der Waals surface area contributed by atoms with Crippen molar-refractivity contribution in [2.24, 2.45) is 0 Å². The largest absolute Gasteiger partial charge is 0.508 e. The summed E-state index contributed by atoms with van der Waals surface area (Å²) in [7, 11) is 0. The Bertz CT molecular complexity index is 571. The fourth-order valence-electron chi connectivity index (χ4n) is 1.92. The number of rotatable bonds is 4. The van der Waals surface area contributed by atoms with Crippen molar-refractivity contribution in [1.82, 2.24) is 5.32 Å². The first-order valence-corrected chi connectivity index (χ1v) is 6.72. The smallest absolute Gasteiger partial charge is 0.251 e. The fraction of sp³-hybridized carbons (Fsp3) is 0.235. The molecule has 2 N–H and O–H groups in total. The predicted octanol–water partition coefficient (Wildman–Crippen LogP) is 3.45. The molecular weight excluding hydrogens is 250 g/mol. The Morgan fingerprint density at radius 2 is 1.65 bits per heavy atom. The molecule has 2 aromatic rings. The highest BCUT2D eigenvalue weighted by molar-refractivity contribution is 5.94. The minimum Gasteiger partial charge on any atom is -0.508 e. The molecule has 104 valence electrons. The molecule has 20 heavy (non-hydrogen) atoms. The lowest BCUT2D eigenvalue weighted by atomic mass is 10.0. The van der Waals surface area contributed by atoms with E-state index in [-0.39, 0.29) is 11.7 Å². The molecule has 1 amide bonds. The van der Waals surface area contributed by atoms with E-state index in [2.05, 4.69) is 31.3 Å². The lowest BCUT2D eigenvalue weighted by molar-refractivity contribution is 0.0951. The molecule has 3 heteroatoms. The maximum absolute atomic E-state index is 11.9. The van der Waals surface area contributed by atoms with Gasteiger partial charge in [-0.05, 0) is 41.3 Å². The first-order valence-electron chi connectivity index (χ1n) is 6.72. The van der Waals surface area contributed by atoms with Crippen LogP contribution in [0.4, 0.5) is 0 Å². The number of aromatic hydroxyl groups is 1. The number of hydrogen-bond acceptors (Lipinski definition) is 2. The third-order valence-corrected chi connectivity index (χ3v) is 3.23. The highest BCUT2D eigenvalue weighted by Gasteiger charge is 2.05. The Labute approximate surface area is 119 Å². The van der Waals surface area contributed by atoms with Crippen LogP contribution in [0.25, 0.3) is 0 Å². The van der Waals surface area contributed by atoms with Gasteiger partial charge in [0, 0.05) is 12.1 Å². The number of carbonyl (C=O) groups is 1. The summed E-state index contributed by atoms with van der Waals surface area (Å²) in [6, 6.07) is 14.5. The number of phenols is 1. The van der Waals surface area contributed by atoms with Gasteiger partial charge in [0.2, 0.25) is 0 Å². The topological polar surface area (TPSA) is 49.3 Å². The molecule has 0 saturated heterocycles. The van der Waals surface area contributed by atoms with Crippen molar-refractivity contribution in [3.05, 3.63) is 65.2 Å². The van der Waals surface area contributed by atoms with Crippen molar-refractivity contribution in [3.8, 4) is 5.75 Å². The van der Waals surface area contributed by atoms with Gasteiger partial charge in [-0.15, -0.1) is 0 Å². The Kier molecular flexibility index (Phi) is 4.41. The number of carbonyl (C=O) groups excluding carboxylic acids is 1. The van der Waals surface area contributed by atoms with E-state index in [1.165, 1.54) is 17.7 Å². The van der Waals surface area contributed by atoms with Gasteiger partial charge in [0.05, 0.1) is 0 Å². The summed E-state index contributed by atoms with van der Waals surface area (Å²) in [5.41, 5.74) is 2.90. The van der Waals surface area contributed by atoms with Gasteiger partial charge in [-0.2, -0.15) is 0 Å². The summed E-state index contributed by atoms with van der Waals surface area (Å²) in [4.78, 5) is 11.9. The van der Waals surface area contributed by atoms with Gasteiger partial charge >= 0.3 is 0 Å². The van der Waals surface area contributed by atoms with Crippen LogP contribution in [-0.4, -0.2) is 11.0 Å². The van der Waals surface area contributed by atoms with E-state index in [0.717, 1.165) is 5.56 Å². The molecule has 0 aliphatic carbocycles. The monoisotopic (exact) mass is 269 g/mol. The Balaban J connectivity index is 1.94. The van der Waals surface area contributed by atoms with Gasteiger partial charge in [0.15, 0.2) is 0 Å². The Hall–Kier alpha value is -2.29. The van der Waals surface area contributed by atoms with Crippen LogP contribution < -0.4 is 5.32 Å². The van der Waals surface area contributed by atoms with E-state index in [1.54, 1.807) is 12.1 Å². The van der Waals surface area contributed by atoms with Crippen molar-refractivity contribution in [3.63, 3.8) is 0 Å². The van der Waals surface area contributed by atoms with Crippen LogP contribution in [-0.2, 0) is 6.54 Å². The zero-order valence-electron chi connectivity index (χ0n) is 11.8. The summed E-state index contributed by atoms with van der Waals surface area (Å²) in [6.07, 6.45) is 0. The lowest BCUT2D eigenvalue weighted by Crippen LogP contribution is -2.22. The second-order valence-corrected chi connectivity index (χ2v) is 5.13.